The van der Waals surface area contributed by atoms with Crippen molar-refractivity contribution in [3.63, 3.8) is 0 Å². The van der Waals surface area contributed by atoms with Crippen molar-refractivity contribution in [1.29, 1.82) is 0 Å². The summed E-state index contributed by atoms with van der Waals surface area (Å²) in [4.78, 5) is 10.8. The quantitative estimate of drug-likeness (QED) is 0.599. The van der Waals surface area contributed by atoms with E-state index in [0.29, 0.717) is 17.5 Å². The molecule has 0 aliphatic carbocycles. The molecule has 1 aliphatic heterocycles. The standard InChI is InChI=1S/C13H17NO4/c1-7-8(2)12-10(6-13(4,17-5)18-12)9(3)11(7)14(15)16/h6H2,1-5H3. The Morgan fingerprint density at radius 2 is 1.89 bits per heavy atom. The van der Waals surface area contributed by atoms with Crippen LogP contribution in [0.2, 0.25) is 0 Å². The number of rotatable bonds is 2. The van der Waals surface area contributed by atoms with Crippen LogP contribution in [0.15, 0.2) is 0 Å². The van der Waals surface area contributed by atoms with Crippen LogP contribution in [0.1, 0.15) is 29.2 Å². The molecular formula is C13H17NO4. The van der Waals surface area contributed by atoms with Gasteiger partial charge in [0, 0.05) is 42.7 Å². The van der Waals surface area contributed by atoms with Gasteiger partial charge in [-0.25, -0.2) is 0 Å². The highest BCUT2D eigenvalue weighted by molar-refractivity contribution is 5.63. The van der Waals surface area contributed by atoms with E-state index in [1.807, 2.05) is 13.8 Å². The lowest BCUT2D eigenvalue weighted by Crippen LogP contribution is -2.32. The number of nitro groups is 1. The van der Waals surface area contributed by atoms with Crippen LogP contribution in [-0.4, -0.2) is 17.8 Å². The van der Waals surface area contributed by atoms with Crippen LogP contribution in [0.4, 0.5) is 5.69 Å². The van der Waals surface area contributed by atoms with E-state index in [1.165, 1.54) is 0 Å². The average Bonchev–Trinajstić information content (AvgIpc) is 2.66. The molecule has 0 N–H and O–H groups in total. The minimum Gasteiger partial charge on any atom is -0.462 e. The molecular weight excluding hydrogens is 234 g/mol. The van der Waals surface area contributed by atoms with Crippen molar-refractivity contribution in [1.82, 2.24) is 0 Å². The molecule has 0 saturated carbocycles. The van der Waals surface area contributed by atoms with Crippen LogP contribution >= 0.6 is 0 Å². The van der Waals surface area contributed by atoms with Crippen molar-refractivity contribution >= 4 is 5.69 Å². The number of methoxy groups -OCH3 is 1. The number of nitro benzene ring substituents is 1. The largest absolute Gasteiger partial charge is 0.462 e. The summed E-state index contributed by atoms with van der Waals surface area (Å²) in [6.07, 6.45) is 0.534. The van der Waals surface area contributed by atoms with Crippen LogP contribution in [0.25, 0.3) is 0 Å². The van der Waals surface area contributed by atoms with Crippen LogP contribution < -0.4 is 4.74 Å². The number of fused-ring (bicyclic) bond motifs is 1. The average molecular weight is 251 g/mol. The molecule has 1 unspecified atom stereocenters. The Balaban J connectivity index is 2.68. The third kappa shape index (κ3) is 1.66. The fraction of sp³-hybridized carbons (Fsp3) is 0.538. The first-order valence-corrected chi connectivity index (χ1v) is 5.82. The van der Waals surface area contributed by atoms with Crippen LogP contribution in [0, 0.1) is 30.9 Å². The molecule has 1 aliphatic rings. The van der Waals surface area contributed by atoms with Gasteiger partial charge in [-0.15, -0.1) is 0 Å². The first kappa shape index (κ1) is 12.8. The molecule has 5 nitrogen and oxygen atoms in total. The van der Waals surface area contributed by atoms with Gasteiger partial charge < -0.3 is 9.47 Å². The number of benzene rings is 1. The summed E-state index contributed by atoms with van der Waals surface area (Å²) in [5, 5.41) is 11.2. The molecule has 0 spiro atoms. The molecule has 1 aromatic carbocycles. The lowest BCUT2D eigenvalue weighted by molar-refractivity contribution is -0.386. The van der Waals surface area contributed by atoms with E-state index in [1.54, 1.807) is 21.0 Å². The van der Waals surface area contributed by atoms with Crippen molar-refractivity contribution < 1.29 is 14.4 Å². The van der Waals surface area contributed by atoms with Crippen LogP contribution in [-0.2, 0) is 11.2 Å². The predicted molar refractivity (Wildman–Crippen MR) is 67.1 cm³/mol. The monoisotopic (exact) mass is 251 g/mol. The van der Waals surface area contributed by atoms with Gasteiger partial charge in [-0.1, -0.05) is 0 Å². The van der Waals surface area contributed by atoms with E-state index < -0.39 is 5.79 Å². The summed E-state index contributed by atoms with van der Waals surface area (Å²) in [6, 6.07) is 0. The highest BCUT2D eigenvalue weighted by atomic mass is 16.7. The molecule has 0 aromatic heterocycles. The SMILES string of the molecule is COC1(C)Cc2c(C)c([N+](=O)[O-])c(C)c(C)c2O1. The zero-order chi connectivity index (χ0) is 13.7. The number of hydrogen-bond donors (Lipinski definition) is 0. The maximum Gasteiger partial charge on any atom is 0.275 e. The highest BCUT2D eigenvalue weighted by Gasteiger charge is 2.39. The molecule has 98 valence electrons. The van der Waals surface area contributed by atoms with E-state index in [2.05, 4.69) is 0 Å². The Kier molecular flexibility index (Phi) is 2.81. The van der Waals surface area contributed by atoms with E-state index in [9.17, 15) is 10.1 Å². The fourth-order valence-electron chi connectivity index (χ4n) is 2.48. The van der Waals surface area contributed by atoms with Crippen molar-refractivity contribution in [2.45, 2.75) is 39.9 Å². The molecule has 0 radical (unpaired) electrons. The lowest BCUT2D eigenvalue weighted by Gasteiger charge is -2.21. The topological polar surface area (TPSA) is 61.6 Å². The van der Waals surface area contributed by atoms with E-state index >= 15 is 0 Å². The minimum absolute atomic E-state index is 0.190. The van der Waals surface area contributed by atoms with Crippen molar-refractivity contribution in [2.24, 2.45) is 0 Å². The molecule has 1 aromatic rings. The summed E-state index contributed by atoms with van der Waals surface area (Å²) in [6.45, 7) is 7.22. The number of nitrogens with zero attached hydrogens (tertiary/aromatic N) is 1. The van der Waals surface area contributed by atoms with Crippen molar-refractivity contribution in [3.05, 3.63) is 32.4 Å². The summed E-state index contributed by atoms with van der Waals surface area (Å²) < 4.78 is 11.2. The lowest BCUT2D eigenvalue weighted by atomic mass is 9.95. The Morgan fingerprint density at radius 1 is 1.28 bits per heavy atom. The molecule has 0 saturated heterocycles. The Labute approximate surface area is 106 Å². The summed E-state index contributed by atoms with van der Waals surface area (Å²) in [5.41, 5.74) is 3.24. The Bertz CT molecular complexity index is 539. The van der Waals surface area contributed by atoms with Gasteiger partial charge in [-0.2, -0.15) is 0 Å². The van der Waals surface area contributed by atoms with Gasteiger partial charge in [0.05, 0.1) is 4.92 Å². The van der Waals surface area contributed by atoms with E-state index in [-0.39, 0.29) is 10.6 Å². The second kappa shape index (κ2) is 3.95. The van der Waals surface area contributed by atoms with Crippen molar-refractivity contribution in [2.75, 3.05) is 7.11 Å². The first-order valence-electron chi connectivity index (χ1n) is 5.82. The molecule has 1 atom stereocenters. The predicted octanol–water partition coefficient (Wildman–Crippen LogP) is 2.82. The van der Waals surface area contributed by atoms with Gasteiger partial charge in [-0.3, -0.25) is 10.1 Å². The zero-order valence-electron chi connectivity index (χ0n) is 11.3. The molecule has 18 heavy (non-hydrogen) atoms. The maximum absolute atomic E-state index is 11.2. The molecule has 0 fully saturated rings. The highest BCUT2D eigenvalue weighted by Crippen LogP contribution is 2.45. The molecule has 0 bridgehead atoms. The maximum atomic E-state index is 11.2. The zero-order valence-corrected chi connectivity index (χ0v) is 11.3. The second-order valence-corrected chi connectivity index (χ2v) is 4.91. The summed E-state index contributed by atoms with van der Waals surface area (Å²) in [5.74, 6) is 0.0134. The van der Waals surface area contributed by atoms with E-state index in [4.69, 9.17) is 9.47 Å². The molecule has 0 amide bonds. The van der Waals surface area contributed by atoms with Crippen LogP contribution in [0.5, 0.6) is 5.75 Å². The van der Waals surface area contributed by atoms with Crippen LogP contribution in [0.3, 0.4) is 0 Å². The van der Waals surface area contributed by atoms with E-state index in [0.717, 1.165) is 16.9 Å². The van der Waals surface area contributed by atoms with Gasteiger partial charge in [-0.05, 0) is 20.8 Å². The third-order valence-electron chi connectivity index (χ3n) is 3.77. The van der Waals surface area contributed by atoms with Gasteiger partial charge in [0.25, 0.3) is 5.69 Å². The van der Waals surface area contributed by atoms with Crippen molar-refractivity contribution in [3.8, 4) is 5.75 Å². The minimum atomic E-state index is -0.723. The fourth-order valence-corrected chi connectivity index (χ4v) is 2.48. The van der Waals surface area contributed by atoms with Gasteiger partial charge in [0.15, 0.2) is 0 Å². The number of ether oxygens (including phenoxy) is 2. The summed E-state index contributed by atoms with van der Waals surface area (Å²) in [7, 11) is 1.58. The number of hydrogen-bond acceptors (Lipinski definition) is 4. The summed E-state index contributed by atoms with van der Waals surface area (Å²) >= 11 is 0. The Morgan fingerprint density at radius 3 is 2.39 bits per heavy atom. The smallest absolute Gasteiger partial charge is 0.275 e. The van der Waals surface area contributed by atoms with Gasteiger partial charge >= 0.3 is 0 Å². The third-order valence-corrected chi connectivity index (χ3v) is 3.77. The molecule has 1 heterocycles. The Hall–Kier alpha value is -1.62. The molecule has 5 heteroatoms. The normalized spacial score (nSPS) is 21.6. The van der Waals surface area contributed by atoms with Gasteiger partial charge in [0.2, 0.25) is 5.79 Å². The molecule has 2 rings (SSSR count). The second-order valence-electron chi connectivity index (χ2n) is 4.91. The van der Waals surface area contributed by atoms with Gasteiger partial charge in [0.1, 0.15) is 5.75 Å². The first-order chi connectivity index (χ1) is 8.30.